The van der Waals surface area contributed by atoms with Gasteiger partial charge in [0.1, 0.15) is 0 Å². The molecule has 0 aromatic carbocycles. The molecule has 0 saturated heterocycles. The largest absolute Gasteiger partial charge is 0.236 e. The maximum Gasteiger partial charge on any atom is 0.0850 e. The van der Waals surface area contributed by atoms with E-state index >= 15 is 0 Å². The Kier molecular flexibility index (Phi) is 19.0. The minimum Gasteiger partial charge on any atom is -0.236 e. The normalized spacial score (nSPS) is 12.7. The highest BCUT2D eigenvalue weighted by molar-refractivity contribution is 4.59. The van der Waals surface area contributed by atoms with Gasteiger partial charge in [-0.3, -0.25) is 0 Å². The molecule has 1 nitrogen and oxygen atoms in total. The Morgan fingerprint density at radius 2 is 0.818 bits per heavy atom. The zero-order valence-corrected chi connectivity index (χ0v) is 15.7. The summed E-state index contributed by atoms with van der Waals surface area (Å²) in [5.74, 6) is 0.468. The maximum absolute atomic E-state index is 11.3. The predicted octanol–water partition coefficient (Wildman–Crippen LogP) is 7.70. The van der Waals surface area contributed by atoms with Crippen LogP contribution in [0.1, 0.15) is 123 Å². The van der Waals surface area contributed by atoms with Crippen LogP contribution in [0, 0.1) is 5.92 Å². The summed E-state index contributed by atoms with van der Waals surface area (Å²) in [7, 11) is 0. The Morgan fingerprint density at radius 3 is 1.14 bits per heavy atom. The molecule has 0 aliphatic heterocycles. The Bertz CT molecular complexity index is 190. The first-order valence-electron chi connectivity index (χ1n) is 10.4. The van der Waals surface area contributed by atoms with E-state index in [2.05, 4.69) is 13.8 Å². The van der Waals surface area contributed by atoms with E-state index < -0.39 is 0 Å². The zero-order chi connectivity index (χ0) is 16.3. The third-order valence-electron chi connectivity index (χ3n) is 4.92. The number of hydrogen-bond donors (Lipinski definition) is 0. The molecule has 1 atom stereocenters. The van der Waals surface area contributed by atoms with Gasteiger partial charge in [-0.2, -0.15) is 0 Å². The van der Waals surface area contributed by atoms with Crippen LogP contribution in [0.5, 0.6) is 0 Å². The second kappa shape index (κ2) is 19.0. The SMILES string of the molecule is CCCCCCCCCCCC(C[O])CCCCCCCC. The van der Waals surface area contributed by atoms with Gasteiger partial charge in [0.15, 0.2) is 0 Å². The molecular formula is C21H43O. The minimum atomic E-state index is 0.159. The predicted molar refractivity (Wildman–Crippen MR) is 98.9 cm³/mol. The van der Waals surface area contributed by atoms with E-state index in [9.17, 15) is 5.11 Å². The monoisotopic (exact) mass is 311 g/mol. The molecule has 0 saturated carbocycles. The quantitative estimate of drug-likeness (QED) is 0.231. The lowest BCUT2D eigenvalue weighted by Crippen LogP contribution is -2.05. The van der Waals surface area contributed by atoms with Crippen LogP contribution in [0.15, 0.2) is 0 Å². The summed E-state index contributed by atoms with van der Waals surface area (Å²) in [5.41, 5.74) is 0. The van der Waals surface area contributed by atoms with Gasteiger partial charge in [0, 0.05) is 0 Å². The van der Waals surface area contributed by atoms with Crippen molar-refractivity contribution in [3.63, 3.8) is 0 Å². The number of hydrogen-bond acceptors (Lipinski definition) is 0. The van der Waals surface area contributed by atoms with Crippen LogP contribution in [-0.4, -0.2) is 6.61 Å². The lowest BCUT2D eigenvalue weighted by molar-refractivity contribution is 0.130. The van der Waals surface area contributed by atoms with E-state index in [1.54, 1.807) is 0 Å². The van der Waals surface area contributed by atoms with Gasteiger partial charge in [-0.15, -0.1) is 0 Å². The van der Waals surface area contributed by atoms with Crippen molar-refractivity contribution in [1.82, 2.24) is 0 Å². The molecule has 0 aliphatic carbocycles. The maximum atomic E-state index is 11.3. The fourth-order valence-corrected chi connectivity index (χ4v) is 3.27. The van der Waals surface area contributed by atoms with Crippen LogP contribution in [0.25, 0.3) is 0 Å². The van der Waals surface area contributed by atoms with Gasteiger partial charge in [0.25, 0.3) is 0 Å². The molecular weight excluding hydrogens is 268 g/mol. The van der Waals surface area contributed by atoms with Gasteiger partial charge >= 0.3 is 0 Å². The summed E-state index contributed by atoms with van der Waals surface area (Å²) in [4.78, 5) is 0. The van der Waals surface area contributed by atoms with E-state index in [1.807, 2.05) is 0 Å². The van der Waals surface area contributed by atoms with E-state index in [4.69, 9.17) is 0 Å². The van der Waals surface area contributed by atoms with Gasteiger partial charge in [-0.05, 0) is 18.8 Å². The summed E-state index contributed by atoms with van der Waals surface area (Å²) in [6, 6.07) is 0. The standard InChI is InChI=1S/C21H43O/c1-3-5-7-9-11-12-13-15-17-19-21(20-22)18-16-14-10-8-6-4-2/h21H,3-20H2,1-2H3. The average Bonchev–Trinajstić information content (AvgIpc) is 2.54. The van der Waals surface area contributed by atoms with E-state index in [1.165, 1.54) is 109 Å². The molecule has 133 valence electrons. The van der Waals surface area contributed by atoms with Crippen molar-refractivity contribution in [1.29, 1.82) is 0 Å². The molecule has 0 amide bonds. The fraction of sp³-hybridized carbons (Fsp3) is 1.00. The van der Waals surface area contributed by atoms with Crippen LogP contribution in [0.4, 0.5) is 0 Å². The summed E-state index contributed by atoms with van der Waals surface area (Å²) < 4.78 is 0. The lowest BCUT2D eigenvalue weighted by atomic mass is 9.95. The molecule has 0 aromatic heterocycles. The fourth-order valence-electron chi connectivity index (χ4n) is 3.27. The van der Waals surface area contributed by atoms with Crippen molar-refractivity contribution in [2.75, 3.05) is 6.61 Å². The number of rotatable bonds is 18. The van der Waals surface area contributed by atoms with Gasteiger partial charge in [0.05, 0.1) is 6.61 Å². The van der Waals surface area contributed by atoms with Crippen molar-refractivity contribution < 1.29 is 5.11 Å². The summed E-state index contributed by atoms with van der Waals surface area (Å²) in [5, 5.41) is 11.3. The van der Waals surface area contributed by atoms with Gasteiger partial charge in [-0.1, -0.05) is 110 Å². The average molecular weight is 312 g/mol. The first-order chi connectivity index (χ1) is 10.8. The number of unbranched alkanes of at least 4 members (excludes halogenated alkanes) is 13. The zero-order valence-electron chi connectivity index (χ0n) is 15.7. The smallest absolute Gasteiger partial charge is 0.0850 e. The third-order valence-corrected chi connectivity index (χ3v) is 4.92. The summed E-state index contributed by atoms with van der Waals surface area (Å²) in [6.45, 7) is 4.70. The lowest BCUT2D eigenvalue weighted by Gasteiger charge is -2.13. The van der Waals surface area contributed by atoms with Crippen LogP contribution >= 0.6 is 0 Å². The highest BCUT2D eigenvalue weighted by atomic mass is 16.3. The third kappa shape index (κ3) is 16.3. The van der Waals surface area contributed by atoms with Crippen LogP contribution in [-0.2, 0) is 5.11 Å². The van der Waals surface area contributed by atoms with E-state index in [-0.39, 0.29) is 6.61 Å². The molecule has 1 heteroatoms. The molecule has 0 rings (SSSR count). The molecule has 0 heterocycles. The van der Waals surface area contributed by atoms with Crippen molar-refractivity contribution in [2.45, 2.75) is 123 Å². The van der Waals surface area contributed by atoms with Gasteiger partial charge in [-0.25, -0.2) is 5.11 Å². The first kappa shape index (κ1) is 22.0. The molecule has 0 spiro atoms. The molecule has 0 aliphatic rings. The van der Waals surface area contributed by atoms with Crippen molar-refractivity contribution in [3.05, 3.63) is 0 Å². The Labute approximate surface area is 141 Å². The Morgan fingerprint density at radius 1 is 0.500 bits per heavy atom. The molecule has 0 fully saturated rings. The summed E-state index contributed by atoms with van der Waals surface area (Å²) in [6.07, 6.45) is 22.9. The molecule has 1 radical (unpaired) electrons. The van der Waals surface area contributed by atoms with Crippen molar-refractivity contribution in [2.24, 2.45) is 5.92 Å². The Balaban J connectivity index is 3.28. The van der Waals surface area contributed by atoms with Crippen LogP contribution < -0.4 is 0 Å². The highest BCUT2D eigenvalue weighted by Crippen LogP contribution is 2.19. The highest BCUT2D eigenvalue weighted by Gasteiger charge is 2.07. The van der Waals surface area contributed by atoms with Crippen molar-refractivity contribution >= 4 is 0 Å². The van der Waals surface area contributed by atoms with Gasteiger partial charge < -0.3 is 0 Å². The molecule has 0 aromatic rings. The summed E-state index contributed by atoms with van der Waals surface area (Å²) >= 11 is 0. The topological polar surface area (TPSA) is 19.9 Å². The van der Waals surface area contributed by atoms with Crippen LogP contribution in [0.3, 0.4) is 0 Å². The van der Waals surface area contributed by atoms with Crippen molar-refractivity contribution in [3.8, 4) is 0 Å². The van der Waals surface area contributed by atoms with Gasteiger partial charge in [0.2, 0.25) is 0 Å². The van der Waals surface area contributed by atoms with E-state index in [0.717, 1.165) is 0 Å². The molecule has 1 unspecified atom stereocenters. The molecule has 0 N–H and O–H groups in total. The second-order valence-corrected chi connectivity index (χ2v) is 7.21. The van der Waals surface area contributed by atoms with Crippen LogP contribution in [0.2, 0.25) is 0 Å². The Hall–Kier alpha value is -0.0400. The molecule has 22 heavy (non-hydrogen) atoms. The van der Waals surface area contributed by atoms with E-state index in [0.29, 0.717) is 5.92 Å². The first-order valence-corrected chi connectivity index (χ1v) is 10.4. The minimum absolute atomic E-state index is 0.159. The molecule has 0 bridgehead atoms. The second-order valence-electron chi connectivity index (χ2n) is 7.21.